The van der Waals surface area contributed by atoms with Crippen LogP contribution in [0.2, 0.25) is 0 Å². The largest absolute Gasteiger partial charge is 0.354 e. The van der Waals surface area contributed by atoms with E-state index >= 15 is 0 Å². The molecular formula is C8H16N2O. The van der Waals surface area contributed by atoms with E-state index in [2.05, 4.69) is 17.6 Å². The summed E-state index contributed by atoms with van der Waals surface area (Å²) in [4.78, 5) is 10.7. The lowest BCUT2D eigenvalue weighted by Crippen LogP contribution is -2.31. The highest BCUT2D eigenvalue weighted by Crippen LogP contribution is 1.98. The van der Waals surface area contributed by atoms with Crippen LogP contribution >= 0.6 is 0 Å². The summed E-state index contributed by atoms with van der Waals surface area (Å²) in [6.07, 6.45) is 3.06. The van der Waals surface area contributed by atoms with Crippen LogP contribution < -0.4 is 10.6 Å². The Morgan fingerprint density at radius 3 is 3.09 bits per heavy atom. The lowest BCUT2D eigenvalue weighted by Gasteiger charge is -2.08. The molecule has 0 aromatic rings. The van der Waals surface area contributed by atoms with Crippen molar-refractivity contribution in [3.63, 3.8) is 0 Å². The van der Waals surface area contributed by atoms with Crippen molar-refractivity contribution in [3.8, 4) is 0 Å². The first-order valence-corrected chi connectivity index (χ1v) is 4.33. The molecule has 0 spiro atoms. The highest BCUT2D eigenvalue weighted by molar-refractivity contribution is 5.78. The number of amides is 1. The maximum Gasteiger partial charge on any atom is 0.221 e. The first kappa shape index (κ1) is 8.53. The second-order valence-corrected chi connectivity index (χ2v) is 3.01. The molecule has 1 atom stereocenters. The number of hydrogen-bond donors (Lipinski definition) is 2. The third-order valence-electron chi connectivity index (χ3n) is 1.94. The van der Waals surface area contributed by atoms with Crippen LogP contribution in [0.4, 0.5) is 0 Å². The van der Waals surface area contributed by atoms with Gasteiger partial charge in [0.1, 0.15) is 0 Å². The maximum absolute atomic E-state index is 10.7. The van der Waals surface area contributed by atoms with Gasteiger partial charge in [-0.2, -0.15) is 0 Å². The van der Waals surface area contributed by atoms with Crippen molar-refractivity contribution in [2.24, 2.45) is 0 Å². The number of nitrogens with one attached hydrogen (secondary N) is 2. The van der Waals surface area contributed by atoms with E-state index in [0.717, 1.165) is 13.1 Å². The Bertz CT molecular complexity index is 136. The first-order chi connectivity index (χ1) is 5.33. The summed E-state index contributed by atoms with van der Waals surface area (Å²) in [5.41, 5.74) is 0. The molecule has 0 radical (unpaired) electrons. The molecule has 3 nitrogen and oxygen atoms in total. The summed E-state index contributed by atoms with van der Waals surface area (Å²) in [6.45, 7) is 4.01. The van der Waals surface area contributed by atoms with Gasteiger partial charge in [0, 0.05) is 19.0 Å². The highest BCUT2D eigenvalue weighted by atomic mass is 16.1. The Morgan fingerprint density at radius 1 is 1.73 bits per heavy atom. The zero-order chi connectivity index (χ0) is 8.10. The van der Waals surface area contributed by atoms with Crippen molar-refractivity contribution in [1.29, 1.82) is 0 Å². The Hall–Kier alpha value is -0.570. The molecule has 0 bridgehead atoms. The van der Waals surface area contributed by atoms with E-state index in [1.54, 1.807) is 0 Å². The Labute approximate surface area is 67.5 Å². The van der Waals surface area contributed by atoms with Gasteiger partial charge in [0.2, 0.25) is 5.91 Å². The van der Waals surface area contributed by atoms with Gasteiger partial charge in [-0.3, -0.25) is 4.79 Å². The molecule has 1 unspecified atom stereocenters. The smallest absolute Gasteiger partial charge is 0.221 e. The summed E-state index contributed by atoms with van der Waals surface area (Å²) < 4.78 is 0. The van der Waals surface area contributed by atoms with Crippen LogP contribution in [-0.2, 0) is 4.79 Å². The summed E-state index contributed by atoms with van der Waals surface area (Å²) in [7, 11) is 0. The number of carbonyl (C=O) groups is 1. The average molecular weight is 156 g/mol. The van der Waals surface area contributed by atoms with Gasteiger partial charge in [-0.05, 0) is 13.0 Å². The number of unbranched alkanes of at least 4 members (excludes halogenated alkanes) is 1. The van der Waals surface area contributed by atoms with Crippen molar-refractivity contribution >= 4 is 5.91 Å². The van der Waals surface area contributed by atoms with Gasteiger partial charge in [-0.15, -0.1) is 0 Å². The second kappa shape index (κ2) is 4.34. The topological polar surface area (TPSA) is 41.1 Å². The summed E-state index contributed by atoms with van der Waals surface area (Å²) >= 11 is 0. The predicted octanol–water partition coefficient (Wildman–Crippen LogP) is 0.265. The van der Waals surface area contributed by atoms with E-state index < -0.39 is 0 Å². The van der Waals surface area contributed by atoms with E-state index in [0.29, 0.717) is 12.5 Å². The summed E-state index contributed by atoms with van der Waals surface area (Å²) in [5.74, 6) is 0.180. The van der Waals surface area contributed by atoms with E-state index in [-0.39, 0.29) is 5.91 Å². The monoisotopic (exact) mass is 156 g/mol. The fourth-order valence-electron chi connectivity index (χ4n) is 1.23. The SMILES string of the molecule is CCCCNC1CNC(=O)C1. The van der Waals surface area contributed by atoms with Crippen LogP contribution in [0.1, 0.15) is 26.2 Å². The molecule has 1 amide bonds. The molecular weight excluding hydrogens is 140 g/mol. The highest BCUT2D eigenvalue weighted by Gasteiger charge is 2.19. The Balaban J connectivity index is 2.04. The Kier molecular flexibility index (Phi) is 3.36. The van der Waals surface area contributed by atoms with Crippen LogP contribution in [0.15, 0.2) is 0 Å². The van der Waals surface area contributed by atoms with Gasteiger partial charge in [0.25, 0.3) is 0 Å². The molecule has 0 aromatic heterocycles. The molecule has 1 aliphatic rings. The number of rotatable bonds is 4. The van der Waals surface area contributed by atoms with Crippen molar-refractivity contribution < 1.29 is 4.79 Å². The molecule has 1 rings (SSSR count). The molecule has 1 heterocycles. The van der Waals surface area contributed by atoms with Crippen molar-refractivity contribution in [3.05, 3.63) is 0 Å². The van der Waals surface area contributed by atoms with Crippen LogP contribution in [0.3, 0.4) is 0 Å². The summed E-state index contributed by atoms with van der Waals surface area (Å²) in [6, 6.07) is 0.383. The van der Waals surface area contributed by atoms with Gasteiger partial charge in [0.15, 0.2) is 0 Å². The molecule has 64 valence electrons. The van der Waals surface area contributed by atoms with Crippen LogP contribution in [0, 0.1) is 0 Å². The lowest BCUT2D eigenvalue weighted by atomic mass is 10.2. The van der Waals surface area contributed by atoms with Crippen molar-refractivity contribution in [1.82, 2.24) is 10.6 Å². The second-order valence-electron chi connectivity index (χ2n) is 3.01. The van der Waals surface area contributed by atoms with Crippen molar-refractivity contribution in [2.45, 2.75) is 32.2 Å². The maximum atomic E-state index is 10.7. The van der Waals surface area contributed by atoms with Crippen LogP contribution in [-0.4, -0.2) is 25.0 Å². The molecule has 0 saturated carbocycles. The predicted molar refractivity (Wildman–Crippen MR) is 44.3 cm³/mol. The number of carbonyl (C=O) groups excluding carboxylic acids is 1. The minimum Gasteiger partial charge on any atom is -0.354 e. The van der Waals surface area contributed by atoms with Gasteiger partial charge in [-0.25, -0.2) is 0 Å². The molecule has 1 aliphatic heterocycles. The Morgan fingerprint density at radius 2 is 2.55 bits per heavy atom. The van der Waals surface area contributed by atoms with Gasteiger partial charge in [-0.1, -0.05) is 13.3 Å². The van der Waals surface area contributed by atoms with E-state index in [1.165, 1.54) is 12.8 Å². The minimum absolute atomic E-state index is 0.180. The van der Waals surface area contributed by atoms with Crippen LogP contribution in [0.25, 0.3) is 0 Å². The fraction of sp³-hybridized carbons (Fsp3) is 0.875. The molecule has 2 N–H and O–H groups in total. The molecule has 0 aliphatic carbocycles. The molecule has 1 fully saturated rings. The van der Waals surface area contributed by atoms with Gasteiger partial charge < -0.3 is 10.6 Å². The number of hydrogen-bond acceptors (Lipinski definition) is 2. The van der Waals surface area contributed by atoms with Gasteiger partial charge >= 0.3 is 0 Å². The standard InChI is InChI=1S/C8H16N2O/c1-2-3-4-9-7-5-8(11)10-6-7/h7,9H,2-6H2,1H3,(H,10,11). The molecule has 3 heteroatoms. The van der Waals surface area contributed by atoms with E-state index in [1.807, 2.05) is 0 Å². The van der Waals surface area contributed by atoms with E-state index in [4.69, 9.17) is 0 Å². The lowest BCUT2D eigenvalue weighted by molar-refractivity contribution is -0.119. The minimum atomic E-state index is 0.180. The zero-order valence-corrected chi connectivity index (χ0v) is 7.02. The van der Waals surface area contributed by atoms with Crippen LogP contribution in [0.5, 0.6) is 0 Å². The first-order valence-electron chi connectivity index (χ1n) is 4.33. The molecule has 0 aromatic carbocycles. The zero-order valence-electron chi connectivity index (χ0n) is 7.02. The quantitative estimate of drug-likeness (QED) is 0.573. The average Bonchev–Trinajstić information content (AvgIpc) is 2.37. The molecule has 11 heavy (non-hydrogen) atoms. The molecule has 1 saturated heterocycles. The van der Waals surface area contributed by atoms with Crippen molar-refractivity contribution in [2.75, 3.05) is 13.1 Å². The van der Waals surface area contributed by atoms with E-state index in [9.17, 15) is 4.79 Å². The fourth-order valence-corrected chi connectivity index (χ4v) is 1.23. The third kappa shape index (κ3) is 2.89. The normalized spacial score (nSPS) is 23.7. The van der Waals surface area contributed by atoms with Gasteiger partial charge in [0.05, 0.1) is 0 Å². The third-order valence-corrected chi connectivity index (χ3v) is 1.94. The summed E-state index contributed by atoms with van der Waals surface area (Å²) in [5, 5.41) is 6.12.